The van der Waals surface area contributed by atoms with Gasteiger partial charge in [-0.1, -0.05) is 0 Å². The number of nitrogens with one attached hydrogen (secondary N) is 1. The largest absolute Gasteiger partial charge is 0.288 e. The maximum absolute atomic E-state index is 4.19. The topological polar surface area (TPSA) is 46.5 Å². The van der Waals surface area contributed by atoms with Crippen LogP contribution in [-0.2, 0) is 0 Å². The van der Waals surface area contributed by atoms with Gasteiger partial charge in [-0.2, -0.15) is 10.2 Å². The van der Waals surface area contributed by atoms with E-state index in [1.54, 1.807) is 5.12 Å². The van der Waals surface area contributed by atoms with Crippen LogP contribution in [0.3, 0.4) is 0 Å². The quantitative estimate of drug-likeness (QED) is 0.694. The summed E-state index contributed by atoms with van der Waals surface area (Å²) >= 11 is 0. The molecular weight excluding hydrogens is 192 g/mol. The van der Waals surface area contributed by atoms with Crippen LogP contribution < -0.4 is 5.43 Å². The first-order valence-electron chi connectivity index (χ1n) is 5.26. The van der Waals surface area contributed by atoms with Gasteiger partial charge in [-0.15, -0.1) is 0 Å². The molecule has 1 N–H and O–H groups in total. The normalized spacial score (nSPS) is 24.7. The van der Waals surface area contributed by atoms with E-state index in [0.717, 1.165) is 13.1 Å². The molecule has 0 aromatic carbocycles. The molecule has 1 aliphatic carbocycles. The second kappa shape index (κ2) is 3.45. The summed E-state index contributed by atoms with van der Waals surface area (Å²) in [6.45, 7) is 1.59. The van der Waals surface area contributed by atoms with Crippen molar-refractivity contribution in [2.24, 2.45) is 10.4 Å². The Morgan fingerprint density at radius 3 is 2.80 bits per heavy atom. The molecule has 0 unspecified atom stereocenters. The summed E-state index contributed by atoms with van der Waals surface area (Å²) in [5.41, 5.74) is 2.97. The van der Waals surface area contributed by atoms with Gasteiger partial charge in [0, 0.05) is 12.4 Å². The number of hydrazine groups is 2. The summed E-state index contributed by atoms with van der Waals surface area (Å²) < 4.78 is 0. The van der Waals surface area contributed by atoms with Crippen molar-refractivity contribution in [2.75, 3.05) is 13.1 Å². The fourth-order valence-corrected chi connectivity index (χ4v) is 1.65. The van der Waals surface area contributed by atoms with Gasteiger partial charge in [0.25, 0.3) is 0 Å². The SMILES string of the molecule is C1=CNN(N=NN2CC=CN2C2CC2)C1. The van der Waals surface area contributed by atoms with E-state index < -0.39 is 0 Å². The third-order valence-corrected chi connectivity index (χ3v) is 2.59. The Labute approximate surface area is 88.4 Å². The minimum absolute atomic E-state index is 0.646. The van der Waals surface area contributed by atoms with Crippen LogP contribution in [0.2, 0.25) is 0 Å². The monoisotopic (exact) mass is 206 g/mol. The van der Waals surface area contributed by atoms with Gasteiger partial charge >= 0.3 is 0 Å². The molecule has 2 aliphatic heterocycles. The summed E-state index contributed by atoms with van der Waals surface area (Å²) in [6.07, 6.45) is 10.6. The van der Waals surface area contributed by atoms with Gasteiger partial charge < -0.3 is 0 Å². The van der Waals surface area contributed by atoms with E-state index >= 15 is 0 Å². The maximum atomic E-state index is 4.19. The van der Waals surface area contributed by atoms with Gasteiger partial charge in [-0.05, 0) is 35.4 Å². The van der Waals surface area contributed by atoms with Crippen molar-refractivity contribution < 1.29 is 0 Å². The minimum atomic E-state index is 0.646. The standard InChI is InChI=1S/C9H14N6/c1-5-10-14(7-1)11-12-15-8-2-6-13(15)9-3-4-9/h1-2,5-6,9-10H,3-4,7-8H2. The lowest BCUT2D eigenvalue weighted by Gasteiger charge is -2.25. The summed E-state index contributed by atoms with van der Waals surface area (Å²) in [6, 6.07) is 0.646. The van der Waals surface area contributed by atoms with E-state index in [4.69, 9.17) is 0 Å². The summed E-state index contributed by atoms with van der Waals surface area (Å²) in [7, 11) is 0. The van der Waals surface area contributed by atoms with E-state index in [1.807, 2.05) is 17.4 Å². The number of nitrogens with zero attached hydrogens (tertiary/aromatic N) is 5. The molecule has 15 heavy (non-hydrogen) atoms. The second-order valence-electron chi connectivity index (χ2n) is 3.84. The molecule has 0 saturated heterocycles. The first-order valence-corrected chi connectivity index (χ1v) is 5.26. The van der Waals surface area contributed by atoms with Crippen molar-refractivity contribution in [1.82, 2.24) is 20.7 Å². The average molecular weight is 206 g/mol. The van der Waals surface area contributed by atoms with Crippen molar-refractivity contribution in [1.29, 1.82) is 0 Å². The number of hydrogen-bond donors (Lipinski definition) is 1. The lowest BCUT2D eigenvalue weighted by Crippen LogP contribution is -2.33. The van der Waals surface area contributed by atoms with Crippen LogP contribution in [0.1, 0.15) is 12.8 Å². The van der Waals surface area contributed by atoms with Crippen LogP contribution in [0, 0.1) is 0 Å². The van der Waals surface area contributed by atoms with E-state index in [9.17, 15) is 0 Å². The summed E-state index contributed by atoms with van der Waals surface area (Å²) in [4.78, 5) is 0. The summed E-state index contributed by atoms with van der Waals surface area (Å²) in [5.74, 6) is 0. The molecule has 0 spiro atoms. The van der Waals surface area contributed by atoms with Crippen molar-refractivity contribution in [2.45, 2.75) is 18.9 Å². The van der Waals surface area contributed by atoms with Gasteiger partial charge in [-0.25, -0.2) is 0 Å². The Hall–Kier alpha value is -1.72. The number of rotatable bonds is 3. The molecule has 0 radical (unpaired) electrons. The minimum Gasteiger partial charge on any atom is -0.288 e. The molecule has 0 aromatic rings. The molecule has 3 aliphatic rings. The Morgan fingerprint density at radius 1 is 1.13 bits per heavy atom. The molecule has 0 bridgehead atoms. The highest BCUT2D eigenvalue weighted by Gasteiger charge is 2.32. The molecule has 0 aromatic heterocycles. The molecule has 6 nitrogen and oxygen atoms in total. The average Bonchev–Trinajstić information content (AvgIpc) is 2.81. The number of hydrogen-bond acceptors (Lipinski definition) is 4. The van der Waals surface area contributed by atoms with E-state index in [-0.39, 0.29) is 0 Å². The third kappa shape index (κ3) is 1.74. The van der Waals surface area contributed by atoms with Crippen LogP contribution in [0.25, 0.3) is 0 Å². The molecule has 2 heterocycles. The highest BCUT2D eigenvalue weighted by molar-refractivity contribution is 4.97. The fraction of sp³-hybridized carbons (Fsp3) is 0.556. The zero-order chi connectivity index (χ0) is 10.1. The zero-order valence-electron chi connectivity index (χ0n) is 8.45. The molecule has 0 amide bonds. The summed E-state index contributed by atoms with van der Waals surface area (Å²) in [5, 5.41) is 14.0. The predicted molar refractivity (Wildman–Crippen MR) is 54.5 cm³/mol. The Morgan fingerprint density at radius 2 is 2.07 bits per heavy atom. The Balaban J connectivity index is 1.57. The van der Waals surface area contributed by atoms with Crippen molar-refractivity contribution >= 4 is 0 Å². The fourth-order valence-electron chi connectivity index (χ4n) is 1.65. The highest BCUT2D eigenvalue weighted by atomic mass is 15.9. The molecule has 0 atom stereocenters. The van der Waals surface area contributed by atoms with Gasteiger partial charge in [0.2, 0.25) is 0 Å². The Kier molecular flexibility index (Phi) is 1.97. The molecule has 80 valence electrons. The third-order valence-electron chi connectivity index (χ3n) is 2.59. The predicted octanol–water partition coefficient (Wildman–Crippen LogP) is 0.811. The smallest absolute Gasteiger partial charge is 0.0803 e. The van der Waals surface area contributed by atoms with Crippen LogP contribution >= 0.6 is 0 Å². The van der Waals surface area contributed by atoms with E-state index in [1.165, 1.54) is 12.8 Å². The molecule has 1 fully saturated rings. The zero-order valence-corrected chi connectivity index (χ0v) is 8.45. The van der Waals surface area contributed by atoms with Crippen molar-refractivity contribution in [3.63, 3.8) is 0 Å². The van der Waals surface area contributed by atoms with Crippen LogP contribution in [0.15, 0.2) is 35.0 Å². The van der Waals surface area contributed by atoms with Gasteiger partial charge in [0.1, 0.15) is 0 Å². The maximum Gasteiger partial charge on any atom is 0.0803 e. The van der Waals surface area contributed by atoms with Crippen molar-refractivity contribution in [3.05, 3.63) is 24.6 Å². The van der Waals surface area contributed by atoms with Crippen molar-refractivity contribution in [3.8, 4) is 0 Å². The molecule has 6 heteroatoms. The lowest BCUT2D eigenvalue weighted by molar-refractivity contribution is 0.0242. The molecular formula is C9H14N6. The van der Waals surface area contributed by atoms with Crippen LogP contribution in [-0.4, -0.2) is 34.4 Å². The van der Waals surface area contributed by atoms with Crippen LogP contribution in [0.5, 0.6) is 0 Å². The molecule has 1 saturated carbocycles. The Bertz CT molecular complexity index is 311. The first kappa shape index (κ1) is 8.58. The van der Waals surface area contributed by atoms with Crippen LogP contribution in [0.4, 0.5) is 0 Å². The van der Waals surface area contributed by atoms with Gasteiger partial charge in [-0.3, -0.25) is 10.4 Å². The van der Waals surface area contributed by atoms with Gasteiger partial charge in [0.15, 0.2) is 0 Å². The van der Waals surface area contributed by atoms with E-state index in [0.29, 0.717) is 6.04 Å². The molecule has 3 rings (SSSR count). The second-order valence-corrected chi connectivity index (χ2v) is 3.84. The lowest BCUT2D eigenvalue weighted by atomic mass is 10.6. The highest BCUT2D eigenvalue weighted by Crippen LogP contribution is 2.30. The van der Waals surface area contributed by atoms with E-state index in [2.05, 4.69) is 33.2 Å². The first-order chi connectivity index (χ1) is 7.43. The van der Waals surface area contributed by atoms with Gasteiger partial charge in [0.05, 0.1) is 19.1 Å².